The Hall–Kier alpha value is -5.01. The third-order valence-electron chi connectivity index (χ3n) is 7.32. The molecular weight excluding hydrogens is 628 g/mol. The lowest BCUT2D eigenvalue weighted by molar-refractivity contribution is -0.130. The monoisotopic (exact) mass is 656 g/mol. The largest absolute Gasteiger partial charge is 0.497 e. The van der Waals surface area contributed by atoms with Crippen molar-refractivity contribution >= 4 is 40.6 Å². The number of nitrogens with zero attached hydrogens (tertiary/aromatic N) is 5. The predicted molar refractivity (Wildman–Crippen MR) is 174 cm³/mol. The van der Waals surface area contributed by atoms with Gasteiger partial charge in [-0.25, -0.2) is 9.40 Å². The minimum atomic E-state index is -0.507. The number of amides is 2. The van der Waals surface area contributed by atoms with Crippen LogP contribution in [0.4, 0.5) is 4.39 Å². The first-order chi connectivity index (χ1) is 22.4. The molecule has 0 fully saturated rings. The van der Waals surface area contributed by atoms with Gasteiger partial charge in [-0.1, -0.05) is 48.2 Å². The second-order valence-corrected chi connectivity index (χ2v) is 12.0. The van der Waals surface area contributed by atoms with Crippen LogP contribution in [-0.4, -0.2) is 57.3 Å². The van der Waals surface area contributed by atoms with Crippen LogP contribution < -0.4 is 14.8 Å². The topological polar surface area (TPSA) is 111 Å². The summed E-state index contributed by atoms with van der Waals surface area (Å²) in [5.74, 6) is 0.540. The number of thioether (sulfide) groups is 1. The number of nitrogens with one attached hydrogen (secondary N) is 1. The van der Waals surface area contributed by atoms with Gasteiger partial charge in [-0.15, -0.1) is 21.5 Å². The molecule has 0 saturated heterocycles. The lowest BCUT2D eigenvalue weighted by atomic mass is 10.0. The highest BCUT2D eigenvalue weighted by molar-refractivity contribution is 7.99. The van der Waals surface area contributed by atoms with Crippen LogP contribution in [0, 0.1) is 5.82 Å². The molecule has 1 N–H and O–H groups in total. The number of halogens is 1. The number of hydrogen-bond donors (Lipinski definition) is 1. The van der Waals surface area contributed by atoms with Crippen molar-refractivity contribution in [1.29, 1.82) is 0 Å². The summed E-state index contributed by atoms with van der Waals surface area (Å²) in [5.41, 5.74) is 2.61. The Bertz CT molecular complexity index is 1880. The van der Waals surface area contributed by atoms with E-state index in [0.717, 1.165) is 28.0 Å². The molecule has 1 aliphatic rings. The normalized spacial score (nSPS) is 14.2. The summed E-state index contributed by atoms with van der Waals surface area (Å²) in [5, 5.41) is 20.2. The van der Waals surface area contributed by atoms with E-state index in [1.165, 1.54) is 30.0 Å². The van der Waals surface area contributed by atoms with E-state index in [1.54, 1.807) is 41.2 Å². The van der Waals surface area contributed by atoms with E-state index >= 15 is 0 Å². The lowest BCUT2D eigenvalue weighted by Gasteiger charge is -2.22. The van der Waals surface area contributed by atoms with E-state index in [4.69, 9.17) is 14.6 Å². The Labute approximate surface area is 272 Å². The first-order valence-electron chi connectivity index (χ1n) is 14.3. The Morgan fingerprint density at radius 3 is 2.57 bits per heavy atom. The van der Waals surface area contributed by atoms with Gasteiger partial charge in [0.15, 0.2) is 11.0 Å². The fraction of sp³-hybridized carbons (Fsp3) is 0.182. The molecule has 0 bridgehead atoms. The predicted octanol–water partition coefficient (Wildman–Crippen LogP) is 5.89. The van der Waals surface area contributed by atoms with Crippen LogP contribution in [0.2, 0.25) is 0 Å². The fourth-order valence-electron chi connectivity index (χ4n) is 5.07. The summed E-state index contributed by atoms with van der Waals surface area (Å²) in [6.07, 6.45) is 0.579. The van der Waals surface area contributed by atoms with Gasteiger partial charge in [-0.3, -0.25) is 14.2 Å². The van der Waals surface area contributed by atoms with Crippen LogP contribution in [-0.2, 0) is 11.3 Å². The maximum absolute atomic E-state index is 13.8. The summed E-state index contributed by atoms with van der Waals surface area (Å²) in [4.78, 5) is 27.6. The standard InChI is InChI=1S/C33H29FN6O4S2/c1-43-24-14-12-21(13-15-24)27-18-25(29-11-6-16-45-29)38-40(27)31(41)20-46-33-37-36-30(39(33)26-9-3-4-10-28(26)44-2)19-35-32(42)22-7-5-8-23(34)17-22/h3-17,27H,18-20H2,1-2H3,(H,35,42). The number of methoxy groups -OCH3 is 2. The molecule has 3 aromatic carbocycles. The summed E-state index contributed by atoms with van der Waals surface area (Å²) in [6, 6.07) is 24.1. The zero-order chi connectivity index (χ0) is 32.0. The minimum Gasteiger partial charge on any atom is -0.497 e. The number of hydrazone groups is 1. The van der Waals surface area contributed by atoms with Gasteiger partial charge in [0.1, 0.15) is 17.3 Å². The molecule has 2 aromatic heterocycles. The number of ether oxygens (including phenoxy) is 2. The number of carbonyl (C=O) groups is 2. The van der Waals surface area contributed by atoms with E-state index in [0.29, 0.717) is 28.8 Å². The molecule has 46 heavy (non-hydrogen) atoms. The Balaban J connectivity index is 1.25. The molecule has 0 saturated carbocycles. The van der Waals surface area contributed by atoms with Crippen molar-refractivity contribution < 1.29 is 23.5 Å². The number of para-hydroxylation sites is 2. The first-order valence-corrected chi connectivity index (χ1v) is 16.1. The van der Waals surface area contributed by atoms with Crippen LogP contribution in [0.5, 0.6) is 11.5 Å². The van der Waals surface area contributed by atoms with Gasteiger partial charge in [0.25, 0.3) is 11.8 Å². The quantitative estimate of drug-likeness (QED) is 0.177. The van der Waals surface area contributed by atoms with Gasteiger partial charge in [-0.2, -0.15) is 5.10 Å². The van der Waals surface area contributed by atoms with Crippen LogP contribution in [0.1, 0.15) is 39.1 Å². The van der Waals surface area contributed by atoms with Crippen molar-refractivity contribution in [1.82, 2.24) is 25.1 Å². The Morgan fingerprint density at radius 2 is 1.83 bits per heavy atom. The van der Waals surface area contributed by atoms with Crippen molar-refractivity contribution in [2.75, 3.05) is 20.0 Å². The zero-order valence-electron chi connectivity index (χ0n) is 24.9. The molecule has 1 unspecified atom stereocenters. The van der Waals surface area contributed by atoms with E-state index in [9.17, 15) is 14.0 Å². The van der Waals surface area contributed by atoms with Crippen LogP contribution in [0.25, 0.3) is 5.69 Å². The molecule has 5 aromatic rings. The zero-order valence-corrected chi connectivity index (χ0v) is 26.6. The van der Waals surface area contributed by atoms with Gasteiger partial charge in [-0.05, 0) is 59.5 Å². The SMILES string of the molecule is COc1ccc(C2CC(c3cccs3)=NN2C(=O)CSc2nnc(CNC(=O)c3cccc(F)c3)n2-c2ccccc2OC)cc1. The molecule has 3 heterocycles. The second kappa shape index (κ2) is 14.0. The molecule has 1 atom stereocenters. The highest BCUT2D eigenvalue weighted by Crippen LogP contribution is 2.36. The summed E-state index contributed by atoms with van der Waals surface area (Å²) in [6.45, 7) is -0.00492. The average molecular weight is 657 g/mol. The number of thiophene rings is 1. The van der Waals surface area contributed by atoms with Crippen molar-refractivity contribution in [2.45, 2.75) is 24.2 Å². The van der Waals surface area contributed by atoms with Gasteiger partial charge < -0.3 is 14.8 Å². The summed E-state index contributed by atoms with van der Waals surface area (Å²) < 4.78 is 26.4. The molecule has 10 nitrogen and oxygen atoms in total. The van der Waals surface area contributed by atoms with Crippen LogP contribution >= 0.6 is 23.1 Å². The summed E-state index contributed by atoms with van der Waals surface area (Å²) >= 11 is 2.79. The molecule has 234 valence electrons. The number of aromatic nitrogens is 3. The van der Waals surface area contributed by atoms with Crippen LogP contribution in [0.15, 0.2) is 101 Å². The van der Waals surface area contributed by atoms with E-state index in [2.05, 4.69) is 15.5 Å². The smallest absolute Gasteiger partial charge is 0.253 e. The Morgan fingerprint density at radius 1 is 1.00 bits per heavy atom. The van der Waals surface area contributed by atoms with E-state index in [1.807, 2.05) is 60.0 Å². The van der Waals surface area contributed by atoms with Crippen molar-refractivity contribution in [3.8, 4) is 17.2 Å². The number of benzene rings is 3. The molecule has 0 spiro atoms. The number of carbonyl (C=O) groups excluding carboxylic acids is 2. The number of hydrogen-bond acceptors (Lipinski definition) is 9. The van der Waals surface area contributed by atoms with Gasteiger partial charge in [0.2, 0.25) is 0 Å². The molecular formula is C33H29FN6O4S2. The molecule has 2 amide bonds. The van der Waals surface area contributed by atoms with Gasteiger partial charge >= 0.3 is 0 Å². The van der Waals surface area contributed by atoms with Crippen molar-refractivity contribution in [3.63, 3.8) is 0 Å². The van der Waals surface area contributed by atoms with Crippen molar-refractivity contribution in [3.05, 3.63) is 118 Å². The molecule has 13 heteroatoms. The lowest BCUT2D eigenvalue weighted by Crippen LogP contribution is -2.28. The minimum absolute atomic E-state index is 0.00492. The Kier molecular flexibility index (Phi) is 9.41. The fourth-order valence-corrected chi connectivity index (χ4v) is 6.60. The molecule has 0 aliphatic carbocycles. The maximum atomic E-state index is 13.8. The van der Waals surface area contributed by atoms with Gasteiger partial charge in [0, 0.05) is 12.0 Å². The highest BCUT2D eigenvalue weighted by atomic mass is 32.2. The second-order valence-electron chi connectivity index (χ2n) is 10.1. The molecule has 1 aliphatic heterocycles. The number of rotatable bonds is 11. The van der Waals surface area contributed by atoms with Crippen molar-refractivity contribution in [2.24, 2.45) is 5.10 Å². The first kappa shape index (κ1) is 31.0. The maximum Gasteiger partial charge on any atom is 0.253 e. The highest BCUT2D eigenvalue weighted by Gasteiger charge is 2.34. The molecule has 0 radical (unpaired) electrons. The third-order valence-corrected chi connectivity index (χ3v) is 9.15. The van der Waals surface area contributed by atoms with E-state index in [-0.39, 0.29) is 29.8 Å². The average Bonchev–Trinajstić information content (AvgIpc) is 3.86. The summed E-state index contributed by atoms with van der Waals surface area (Å²) in [7, 11) is 3.17. The molecule has 6 rings (SSSR count). The van der Waals surface area contributed by atoms with E-state index < -0.39 is 11.7 Å². The van der Waals surface area contributed by atoms with Gasteiger partial charge in [0.05, 0.1) is 48.8 Å². The van der Waals surface area contributed by atoms with Crippen LogP contribution in [0.3, 0.4) is 0 Å². The third kappa shape index (κ3) is 6.65.